The first-order valence-corrected chi connectivity index (χ1v) is 5.36. The molecule has 1 aromatic carbocycles. The number of carbonyl (C=O) groups excluding carboxylic acids is 1. The van der Waals surface area contributed by atoms with Gasteiger partial charge in [0, 0.05) is 5.69 Å². The predicted octanol–water partition coefficient (Wildman–Crippen LogP) is 2.43. The Hall–Kier alpha value is -1.71. The first-order valence-electron chi connectivity index (χ1n) is 5.36. The zero-order chi connectivity index (χ0) is 11.5. The van der Waals surface area contributed by atoms with Gasteiger partial charge in [0.25, 0.3) is 0 Å². The van der Waals surface area contributed by atoms with Gasteiger partial charge >= 0.3 is 6.09 Å². The molecular weight excluding hydrogens is 206 g/mol. The Bertz CT molecular complexity index is 374. The van der Waals surface area contributed by atoms with Gasteiger partial charge in [0.05, 0.1) is 13.2 Å². The molecule has 4 nitrogen and oxygen atoms in total. The first kappa shape index (κ1) is 10.8. The summed E-state index contributed by atoms with van der Waals surface area (Å²) in [7, 11) is 1.62. The van der Waals surface area contributed by atoms with Gasteiger partial charge < -0.3 is 9.47 Å². The number of nitrogens with zero attached hydrogens (tertiary/aromatic N) is 1. The van der Waals surface area contributed by atoms with Gasteiger partial charge in [-0.2, -0.15) is 0 Å². The highest BCUT2D eigenvalue weighted by atomic mass is 16.6. The first-order chi connectivity index (χ1) is 7.76. The van der Waals surface area contributed by atoms with Gasteiger partial charge in [0.2, 0.25) is 0 Å². The number of rotatable bonds is 3. The summed E-state index contributed by atoms with van der Waals surface area (Å²) in [6, 6.07) is 7.56. The molecule has 1 heterocycles. The van der Waals surface area contributed by atoms with Crippen LogP contribution < -0.4 is 9.64 Å². The van der Waals surface area contributed by atoms with Crippen LogP contribution in [-0.2, 0) is 4.74 Å². The number of hydrogen-bond donors (Lipinski definition) is 0. The van der Waals surface area contributed by atoms with Crippen molar-refractivity contribution in [3.05, 3.63) is 24.3 Å². The van der Waals surface area contributed by atoms with Gasteiger partial charge in [-0.3, -0.25) is 4.90 Å². The summed E-state index contributed by atoms with van der Waals surface area (Å²) in [5.41, 5.74) is 0.857. The highest BCUT2D eigenvalue weighted by Gasteiger charge is 2.32. The lowest BCUT2D eigenvalue weighted by Crippen LogP contribution is -2.32. The van der Waals surface area contributed by atoms with Crippen LogP contribution >= 0.6 is 0 Å². The van der Waals surface area contributed by atoms with Crippen molar-refractivity contribution in [1.82, 2.24) is 0 Å². The molecule has 0 N–H and O–H groups in total. The monoisotopic (exact) mass is 221 g/mol. The zero-order valence-corrected chi connectivity index (χ0v) is 9.47. The number of methoxy groups -OCH3 is 1. The largest absolute Gasteiger partial charge is 0.497 e. The maximum absolute atomic E-state index is 11.6. The van der Waals surface area contributed by atoms with Crippen molar-refractivity contribution in [2.75, 3.05) is 18.6 Å². The zero-order valence-electron chi connectivity index (χ0n) is 9.47. The van der Waals surface area contributed by atoms with Crippen LogP contribution in [0.3, 0.4) is 0 Å². The van der Waals surface area contributed by atoms with Crippen LogP contribution in [0.25, 0.3) is 0 Å². The second kappa shape index (κ2) is 4.43. The molecule has 1 aliphatic heterocycles. The van der Waals surface area contributed by atoms with E-state index in [1.54, 1.807) is 12.0 Å². The molecule has 1 aromatic rings. The van der Waals surface area contributed by atoms with Crippen molar-refractivity contribution in [2.24, 2.45) is 0 Å². The Kier molecular flexibility index (Phi) is 2.99. The Labute approximate surface area is 94.8 Å². The van der Waals surface area contributed by atoms with E-state index < -0.39 is 0 Å². The van der Waals surface area contributed by atoms with Gasteiger partial charge in [-0.15, -0.1) is 0 Å². The van der Waals surface area contributed by atoms with E-state index in [2.05, 4.69) is 0 Å². The van der Waals surface area contributed by atoms with Crippen molar-refractivity contribution >= 4 is 11.8 Å². The third kappa shape index (κ3) is 1.83. The number of benzene rings is 1. The van der Waals surface area contributed by atoms with E-state index >= 15 is 0 Å². The predicted molar refractivity (Wildman–Crippen MR) is 60.9 cm³/mol. The smallest absolute Gasteiger partial charge is 0.414 e. The third-order valence-corrected chi connectivity index (χ3v) is 2.78. The van der Waals surface area contributed by atoms with E-state index in [-0.39, 0.29) is 12.1 Å². The van der Waals surface area contributed by atoms with Gasteiger partial charge in [-0.05, 0) is 30.7 Å². The fourth-order valence-corrected chi connectivity index (χ4v) is 1.82. The van der Waals surface area contributed by atoms with Crippen molar-refractivity contribution < 1.29 is 14.3 Å². The fraction of sp³-hybridized carbons (Fsp3) is 0.417. The molecule has 1 saturated heterocycles. The molecule has 0 bridgehead atoms. The lowest BCUT2D eigenvalue weighted by molar-refractivity contribution is 0.178. The Morgan fingerprint density at radius 2 is 2.12 bits per heavy atom. The molecule has 1 atom stereocenters. The lowest BCUT2D eigenvalue weighted by atomic mass is 10.2. The molecule has 4 heteroatoms. The standard InChI is InChI=1S/C12H15NO3/c1-3-9-8-16-12(14)13(9)10-4-6-11(15-2)7-5-10/h4-7,9H,3,8H2,1-2H3/t9-/m1/s1. The topological polar surface area (TPSA) is 38.8 Å². The van der Waals surface area contributed by atoms with Crippen LogP contribution in [0.4, 0.5) is 10.5 Å². The molecule has 1 amide bonds. The summed E-state index contributed by atoms with van der Waals surface area (Å²) in [6.45, 7) is 2.52. The maximum Gasteiger partial charge on any atom is 0.414 e. The molecule has 0 spiro atoms. The summed E-state index contributed by atoms with van der Waals surface area (Å²) in [5.74, 6) is 0.782. The summed E-state index contributed by atoms with van der Waals surface area (Å²) in [5, 5.41) is 0. The third-order valence-electron chi connectivity index (χ3n) is 2.78. The molecule has 0 radical (unpaired) electrons. The summed E-state index contributed by atoms with van der Waals surface area (Å²) in [4.78, 5) is 13.3. The minimum Gasteiger partial charge on any atom is -0.497 e. The molecule has 16 heavy (non-hydrogen) atoms. The Morgan fingerprint density at radius 1 is 1.44 bits per heavy atom. The van der Waals surface area contributed by atoms with Gasteiger partial charge in [0.15, 0.2) is 0 Å². The average molecular weight is 221 g/mol. The number of hydrogen-bond acceptors (Lipinski definition) is 3. The molecule has 0 aromatic heterocycles. The minimum atomic E-state index is -0.267. The summed E-state index contributed by atoms with van der Waals surface area (Å²) in [6.07, 6.45) is 0.620. The van der Waals surface area contributed by atoms with Crippen LogP contribution in [0.15, 0.2) is 24.3 Å². The number of ether oxygens (including phenoxy) is 2. The van der Waals surface area contributed by atoms with Crippen LogP contribution in [-0.4, -0.2) is 25.9 Å². The Balaban J connectivity index is 2.24. The van der Waals surface area contributed by atoms with E-state index in [0.29, 0.717) is 6.61 Å². The quantitative estimate of drug-likeness (QED) is 0.786. The summed E-state index contributed by atoms with van der Waals surface area (Å²) < 4.78 is 10.1. The van der Waals surface area contributed by atoms with Crippen molar-refractivity contribution in [1.29, 1.82) is 0 Å². The van der Waals surface area contributed by atoms with E-state index in [0.717, 1.165) is 17.9 Å². The van der Waals surface area contributed by atoms with Gasteiger partial charge in [-0.1, -0.05) is 6.92 Å². The SMILES string of the molecule is CC[C@@H]1COC(=O)N1c1ccc(OC)cc1. The molecule has 2 rings (SSSR count). The molecule has 0 saturated carbocycles. The number of anilines is 1. The molecule has 1 aliphatic rings. The van der Waals surface area contributed by atoms with E-state index in [1.165, 1.54) is 0 Å². The van der Waals surface area contributed by atoms with Crippen molar-refractivity contribution in [3.63, 3.8) is 0 Å². The van der Waals surface area contributed by atoms with Gasteiger partial charge in [-0.25, -0.2) is 4.79 Å². The average Bonchev–Trinajstić information content (AvgIpc) is 2.70. The minimum absolute atomic E-state index is 0.140. The maximum atomic E-state index is 11.6. The van der Waals surface area contributed by atoms with E-state index in [1.807, 2.05) is 31.2 Å². The molecular formula is C12H15NO3. The number of cyclic esters (lactones) is 1. The summed E-state index contributed by atoms with van der Waals surface area (Å²) >= 11 is 0. The lowest BCUT2D eigenvalue weighted by Gasteiger charge is -2.20. The van der Waals surface area contributed by atoms with Crippen LogP contribution in [0, 0.1) is 0 Å². The molecule has 0 unspecified atom stereocenters. The van der Waals surface area contributed by atoms with Crippen LogP contribution in [0.2, 0.25) is 0 Å². The molecule has 86 valence electrons. The second-order valence-electron chi connectivity index (χ2n) is 3.71. The second-order valence-corrected chi connectivity index (χ2v) is 3.71. The van der Waals surface area contributed by atoms with Crippen molar-refractivity contribution in [2.45, 2.75) is 19.4 Å². The highest BCUT2D eigenvalue weighted by molar-refractivity contribution is 5.90. The number of carbonyl (C=O) groups is 1. The fourth-order valence-electron chi connectivity index (χ4n) is 1.82. The van der Waals surface area contributed by atoms with Crippen LogP contribution in [0.1, 0.15) is 13.3 Å². The molecule has 0 aliphatic carbocycles. The Morgan fingerprint density at radius 3 is 2.69 bits per heavy atom. The van der Waals surface area contributed by atoms with Crippen LogP contribution in [0.5, 0.6) is 5.75 Å². The van der Waals surface area contributed by atoms with Crippen molar-refractivity contribution in [3.8, 4) is 5.75 Å². The number of amides is 1. The van der Waals surface area contributed by atoms with E-state index in [4.69, 9.17) is 9.47 Å². The normalized spacial score (nSPS) is 19.8. The molecule has 1 fully saturated rings. The van der Waals surface area contributed by atoms with E-state index in [9.17, 15) is 4.79 Å². The highest BCUT2D eigenvalue weighted by Crippen LogP contribution is 2.26. The van der Waals surface area contributed by atoms with Gasteiger partial charge in [0.1, 0.15) is 12.4 Å².